The molecule has 0 aliphatic rings. The molecule has 0 aliphatic heterocycles. The maximum absolute atomic E-state index is 10.8. The van der Waals surface area contributed by atoms with E-state index in [1.165, 1.54) is 12.3 Å². The molecule has 0 spiro atoms. The standard InChI is InChI=1S/C11H12O3/c1-2-13-11(12)8-9-14-10-6-4-3-5-7-10/h3-9H,2H2,1H3/b9-8-. The van der Waals surface area contributed by atoms with Gasteiger partial charge in [0.1, 0.15) is 5.75 Å². The maximum atomic E-state index is 10.8. The van der Waals surface area contributed by atoms with Gasteiger partial charge in [0, 0.05) is 0 Å². The van der Waals surface area contributed by atoms with Crippen molar-refractivity contribution in [1.82, 2.24) is 0 Å². The monoisotopic (exact) mass is 192 g/mol. The number of benzene rings is 1. The molecule has 14 heavy (non-hydrogen) atoms. The van der Waals surface area contributed by atoms with Gasteiger partial charge in [0.2, 0.25) is 0 Å². The van der Waals surface area contributed by atoms with Crippen LogP contribution in [0.15, 0.2) is 42.7 Å². The lowest BCUT2D eigenvalue weighted by Crippen LogP contribution is -1.99. The summed E-state index contributed by atoms with van der Waals surface area (Å²) in [5.41, 5.74) is 0. The van der Waals surface area contributed by atoms with Gasteiger partial charge in [-0.1, -0.05) is 18.2 Å². The number of hydrogen-bond acceptors (Lipinski definition) is 3. The van der Waals surface area contributed by atoms with Gasteiger partial charge < -0.3 is 9.47 Å². The second-order valence-electron chi connectivity index (χ2n) is 2.49. The highest BCUT2D eigenvalue weighted by Gasteiger charge is 1.93. The third-order valence-electron chi connectivity index (χ3n) is 1.44. The summed E-state index contributed by atoms with van der Waals surface area (Å²) in [5, 5.41) is 0. The van der Waals surface area contributed by atoms with Crippen LogP contribution in [0.4, 0.5) is 0 Å². The number of carbonyl (C=O) groups is 1. The fourth-order valence-corrected chi connectivity index (χ4v) is 0.858. The predicted molar refractivity (Wildman–Crippen MR) is 52.8 cm³/mol. The first-order valence-corrected chi connectivity index (χ1v) is 4.38. The van der Waals surface area contributed by atoms with Crippen molar-refractivity contribution in [3.63, 3.8) is 0 Å². The van der Waals surface area contributed by atoms with Crippen molar-refractivity contribution in [3.05, 3.63) is 42.7 Å². The molecule has 0 radical (unpaired) electrons. The summed E-state index contributed by atoms with van der Waals surface area (Å²) in [4.78, 5) is 10.8. The molecule has 0 N–H and O–H groups in total. The molecule has 0 unspecified atom stereocenters. The van der Waals surface area contributed by atoms with Crippen molar-refractivity contribution >= 4 is 5.97 Å². The molecule has 0 heterocycles. The SMILES string of the molecule is CCOC(=O)/C=C\Oc1ccccc1. The highest BCUT2D eigenvalue weighted by molar-refractivity contribution is 5.81. The molecule has 0 fully saturated rings. The van der Waals surface area contributed by atoms with Crippen molar-refractivity contribution in [2.75, 3.05) is 6.61 Å². The number of esters is 1. The van der Waals surface area contributed by atoms with Crippen LogP contribution in [-0.2, 0) is 9.53 Å². The van der Waals surface area contributed by atoms with E-state index in [9.17, 15) is 4.79 Å². The molecule has 0 bridgehead atoms. The van der Waals surface area contributed by atoms with E-state index in [4.69, 9.17) is 4.74 Å². The Labute approximate surface area is 83.0 Å². The molecular weight excluding hydrogens is 180 g/mol. The van der Waals surface area contributed by atoms with Crippen molar-refractivity contribution in [2.24, 2.45) is 0 Å². The highest BCUT2D eigenvalue weighted by atomic mass is 16.5. The number of carbonyl (C=O) groups excluding carboxylic acids is 1. The summed E-state index contributed by atoms with van der Waals surface area (Å²) >= 11 is 0. The Morgan fingerprint density at radius 2 is 2.07 bits per heavy atom. The average molecular weight is 192 g/mol. The van der Waals surface area contributed by atoms with Crippen molar-refractivity contribution in [1.29, 1.82) is 0 Å². The molecule has 74 valence electrons. The van der Waals surface area contributed by atoms with Crippen LogP contribution in [0, 0.1) is 0 Å². The van der Waals surface area contributed by atoms with Crippen LogP contribution in [0.2, 0.25) is 0 Å². The van der Waals surface area contributed by atoms with E-state index in [-0.39, 0.29) is 0 Å². The molecule has 3 heteroatoms. The number of rotatable bonds is 4. The van der Waals surface area contributed by atoms with Crippen LogP contribution in [0.5, 0.6) is 5.75 Å². The molecule has 0 aromatic heterocycles. The second kappa shape index (κ2) is 5.80. The fourth-order valence-electron chi connectivity index (χ4n) is 0.858. The fraction of sp³-hybridized carbons (Fsp3) is 0.182. The molecule has 1 rings (SSSR count). The molecule has 3 nitrogen and oxygen atoms in total. The van der Waals surface area contributed by atoms with Crippen molar-refractivity contribution in [3.8, 4) is 5.75 Å². The molecule has 1 aromatic carbocycles. The zero-order chi connectivity index (χ0) is 10.2. The lowest BCUT2D eigenvalue weighted by molar-refractivity contribution is -0.137. The van der Waals surface area contributed by atoms with Gasteiger partial charge in [0.15, 0.2) is 0 Å². The Bertz CT molecular complexity index is 304. The van der Waals surface area contributed by atoms with Gasteiger partial charge in [0.25, 0.3) is 0 Å². The van der Waals surface area contributed by atoms with Crippen LogP contribution in [0.3, 0.4) is 0 Å². The van der Waals surface area contributed by atoms with Crippen LogP contribution in [0.25, 0.3) is 0 Å². The lowest BCUT2D eigenvalue weighted by atomic mass is 10.3. The minimum absolute atomic E-state index is 0.370. The number of ether oxygens (including phenoxy) is 2. The van der Waals surface area contributed by atoms with Gasteiger partial charge in [-0.3, -0.25) is 0 Å². The van der Waals surface area contributed by atoms with E-state index in [2.05, 4.69) is 4.74 Å². The zero-order valence-electron chi connectivity index (χ0n) is 7.97. The van der Waals surface area contributed by atoms with Crippen molar-refractivity contribution in [2.45, 2.75) is 6.92 Å². The number of para-hydroxylation sites is 1. The molecule has 0 atom stereocenters. The Balaban J connectivity index is 2.37. The quantitative estimate of drug-likeness (QED) is 0.416. The molecule has 0 amide bonds. The molecule has 0 saturated heterocycles. The van der Waals surface area contributed by atoms with Crippen LogP contribution >= 0.6 is 0 Å². The van der Waals surface area contributed by atoms with E-state index < -0.39 is 5.97 Å². The Morgan fingerprint density at radius 3 is 2.71 bits per heavy atom. The summed E-state index contributed by atoms with van der Waals surface area (Å²) in [6.45, 7) is 2.12. The van der Waals surface area contributed by atoms with Crippen molar-refractivity contribution < 1.29 is 14.3 Å². The third-order valence-corrected chi connectivity index (χ3v) is 1.44. The Morgan fingerprint density at radius 1 is 1.36 bits per heavy atom. The summed E-state index contributed by atoms with van der Waals surface area (Å²) in [6, 6.07) is 9.20. The minimum atomic E-state index is -0.400. The summed E-state index contributed by atoms with van der Waals surface area (Å²) in [7, 11) is 0. The average Bonchev–Trinajstić information content (AvgIpc) is 2.20. The molecule has 0 saturated carbocycles. The van der Waals surface area contributed by atoms with Gasteiger partial charge in [-0.05, 0) is 19.1 Å². The highest BCUT2D eigenvalue weighted by Crippen LogP contribution is 2.08. The summed E-state index contributed by atoms with van der Waals surface area (Å²) < 4.78 is 9.82. The largest absolute Gasteiger partial charge is 0.465 e. The minimum Gasteiger partial charge on any atom is -0.465 e. The smallest absolute Gasteiger partial charge is 0.333 e. The van der Waals surface area contributed by atoms with E-state index in [1.807, 2.05) is 18.2 Å². The number of hydrogen-bond donors (Lipinski definition) is 0. The topological polar surface area (TPSA) is 35.5 Å². The Kier molecular flexibility index (Phi) is 4.27. The first-order chi connectivity index (χ1) is 6.83. The van der Waals surface area contributed by atoms with Gasteiger partial charge in [-0.2, -0.15) is 0 Å². The first kappa shape index (κ1) is 10.3. The van der Waals surface area contributed by atoms with Crippen LogP contribution in [0.1, 0.15) is 6.92 Å². The first-order valence-electron chi connectivity index (χ1n) is 4.38. The predicted octanol–water partition coefficient (Wildman–Crippen LogP) is 2.14. The maximum Gasteiger partial charge on any atom is 0.333 e. The zero-order valence-corrected chi connectivity index (χ0v) is 7.97. The van der Waals surface area contributed by atoms with Crippen LogP contribution in [-0.4, -0.2) is 12.6 Å². The normalized spacial score (nSPS) is 10.1. The van der Waals surface area contributed by atoms with Gasteiger partial charge in [0.05, 0.1) is 18.9 Å². The summed E-state index contributed by atoms with van der Waals surface area (Å²) in [6.07, 6.45) is 2.56. The molecular formula is C11H12O3. The van der Waals surface area contributed by atoms with Gasteiger partial charge in [-0.25, -0.2) is 4.79 Å². The van der Waals surface area contributed by atoms with E-state index in [0.717, 1.165) is 0 Å². The van der Waals surface area contributed by atoms with Gasteiger partial charge in [-0.15, -0.1) is 0 Å². The van der Waals surface area contributed by atoms with Crippen LogP contribution < -0.4 is 4.74 Å². The van der Waals surface area contributed by atoms with E-state index >= 15 is 0 Å². The Hall–Kier alpha value is -1.77. The summed E-state index contributed by atoms with van der Waals surface area (Å²) in [5.74, 6) is 0.288. The van der Waals surface area contributed by atoms with Gasteiger partial charge >= 0.3 is 5.97 Å². The molecule has 0 aliphatic carbocycles. The lowest BCUT2D eigenvalue weighted by Gasteiger charge is -1.98. The van der Waals surface area contributed by atoms with E-state index in [0.29, 0.717) is 12.4 Å². The third kappa shape index (κ3) is 3.76. The molecule has 1 aromatic rings. The second-order valence-corrected chi connectivity index (χ2v) is 2.49. The van der Waals surface area contributed by atoms with E-state index in [1.54, 1.807) is 19.1 Å².